The van der Waals surface area contributed by atoms with E-state index in [4.69, 9.17) is 0 Å². The Kier molecular flexibility index (Phi) is 6.00. The minimum absolute atomic E-state index is 0.103. The number of hydrogen-bond donors (Lipinski definition) is 0. The maximum Gasteiger partial charge on any atom is 0.237 e. The number of fused-ring (bicyclic) bond motifs is 1. The molecule has 3 heterocycles. The number of amides is 1. The van der Waals surface area contributed by atoms with E-state index in [0.717, 1.165) is 52.9 Å². The molecule has 0 unspecified atom stereocenters. The van der Waals surface area contributed by atoms with Gasteiger partial charge in [-0.3, -0.25) is 9.48 Å². The van der Waals surface area contributed by atoms with Crippen molar-refractivity contribution < 1.29 is 4.79 Å². The molecule has 168 valence electrons. The highest BCUT2D eigenvalue weighted by Crippen LogP contribution is 2.32. The molecular weight excluding hydrogens is 432 g/mol. The summed E-state index contributed by atoms with van der Waals surface area (Å²) in [7, 11) is 1.91. The molecule has 0 N–H and O–H groups in total. The van der Waals surface area contributed by atoms with Crippen LogP contribution < -0.4 is 4.90 Å². The normalized spacial score (nSPS) is 13.2. The van der Waals surface area contributed by atoms with Crippen LogP contribution in [0.3, 0.4) is 0 Å². The fourth-order valence-corrected chi connectivity index (χ4v) is 5.22. The van der Waals surface area contributed by atoms with Crippen molar-refractivity contribution in [2.75, 3.05) is 17.2 Å². The first-order valence-corrected chi connectivity index (χ1v) is 12.2. The predicted molar refractivity (Wildman–Crippen MR) is 131 cm³/mol. The van der Waals surface area contributed by atoms with Gasteiger partial charge in [-0.25, -0.2) is 0 Å². The van der Waals surface area contributed by atoms with Gasteiger partial charge < -0.3 is 9.47 Å². The Morgan fingerprint density at radius 1 is 1.06 bits per heavy atom. The van der Waals surface area contributed by atoms with Gasteiger partial charge in [0.05, 0.1) is 11.3 Å². The van der Waals surface area contributed by atoms with Gasteiger partial charge in [0.2, 0.25) is 5.91 Å². The third-order valence-corrected chi connectivity index (χ3v) is 6.84. The topological polar surface area (TPSA) is 68.8 Å². The van der Waals surface area contributed by atoms with Gasteiger partial charge >= 0.3 is 0 Å². The third kappa shape index (κ3) is 4.18. The Balaban J connectivity index is 1.39. The summed E-state index contributed by atoms with van der Waals surface area (Å²) in [5, 5.41) is 14.3. The number of aromatic nitrogens is 5. The first-order chi connectivity index (χ1) is 16.2. The van der Waals surface area contributed by atoms with E-state index in [9.17, 15) is 4.79 Å². The molecule has 0 fully saturated rings. The van der Waals surface area contributed by atoms with Crippen molar-refractivity contribution in [3.8, 4) is 22.6 Å². The molecule has 2 aromatic heterocycles. The molecule has 1 aliphatic heterocycles. The van der Waals surface area contributed by atoms with E-state index >= 15 is 0 Å². The maximum atomic E-state index is 13.1. The summed E-state index contributed by atoms with van der Waals surface area (Å²) in [6.07, 6.45) is 3.99. The number of rotatable bonds is 6. The lowest BCUT2D eigenvalue weighted by Gasteiger charge is -2.29. The third-order valence-electron chi connectivity index (χ3n) is 5.89. The van der Waals surface area contributed by atoms with Crippen LogP contribution in [0.2, 0.25) is 0 Å². The number of hydrogen-bond acceptors (Lipinski definition) is 5. The van der Waals surface area contributed by atoms with Crippen LogP contribution in [-0.2, 0) is 24.8 Å². The maximum absolute atomic E-state index is 13.1. The Hall–Kier alpha value is -3.39. The standard InChI is InChI=1S/C25H26N6OS/c1-3-30-24(20-16-29(2)28-23(20)19-11-5-4-6-12-19)26-27-25(30)33-17-22(32)31-15-9-13-18-10-7-8-14-21(18)31/h4-8,10-12,14,16H,3,9,13,15,17H2,1-2H3. The molecule has 5 rings (SSSR count). The molecule has 0 aliphatic carbocycles. The highest BCUT2D eigenvalue weighted by molar-refractivity contribution is 7.99. The zero-order valence-electron chi connectivity index (χ0n) is 18.8. The summed E-state index contributed by atoms with van der Waals surface area (Å²) in [6, 6.07) is 18.3. The van der Waals surface area contributed by atoms with Gasteiger partial charge in [0.25, 0.3) is 0 Å². The molecule has 7 nitrogen and oxygen atoms in total. The van der Waals surface area contributed by atoms with Gasteiger partial charge in [0, 0.05) is 37.6 Å². The Morgan fingerprint density at radius 2 is 1.85 bits per heavy atom. The van der Waals surface area contributed by atoms with Crippen molar-refractivity contribution in [1.29, 1.82) is 0 Å². The molecule has 1 amide bonds. The van der Waals surface area contributed by atoms with Crippen LogP contribution in [0.5, 0.6) is 0 Å². The summed E-state index contributed by atoms with van der Waals surface area (Å²) in [5.74, 6) is 1.19. The van der Waals surface area contributed by atoms with Gasteiger partial charge in [-0.1, -0.05) is 60.3 Å². The van der Waals surface area contributed by atoms with Crippen LogP contribution in [0.1, 0.15) is 18.9 Å². The van der Waals surface area contributed by atoms with E-state index in [0.29, 0.717) is 12.3 Å². The summed E-state index contributed by atoms with van der Waals surface area (Å²) < 4.78 is 3.86. The van der Waals surface area contributed by atoms with E-state index in [1.807, 2.05) is 66.7 Å². The second kappa shape index (κ2) is 9.23. The number of benzene rings is 2. The monoisotopic (exact) mass is 458 g/mol. The summed E-state index contributed by atoms with van der Waals surface area (Å²) in [5.41, 5.74) is 5.12. The second-order valence-corrected chi connectivity index (χ2v) is 8.99. The van der Waals surface area contributed by atoms with Gasteiger partial charge in [0.1, 0.15) is 5.69 Å². The molecule has 0 bridgehead atoms. The fourth-order valence-electron chi connectivity index (χ4n) is 4.34. The first kappa shape index (κ1) is 21.5. The van der Waals surface area contributed by atoms with Crippen molar-refractivity contribution in [1.82, 2.24) is 24.5 Å². The van der Waals surface area contributed by atoms with Crippen LogP contribution in [0, 0.1) is 0 Å². The van der Waals surface area contributed by atoms with E-state index < -0.39 is 0 Å². The number of anilines is 1. The van der Waals surface area contributed by atoms with Crippen molar-refractivity contribution in [2.45, 2.75) is 31.5 Å². The quantitative estimate of drug-likeness (QED) is 0.400. The molecule has 0 saturated heterocycles. The van der Waals surface area contributed by atoms with Crippen molar-refractivity contribution in [3.63, 3.8) is 0 Å². The van der Waals surface area contributed by atoms with E-state index in [1.54, 1.807) is 4.68 Å². The van der Waals surface area contributed by atoms with Gasteiger partial charge in [-0.2, -0.15) is 5.10 Å². The molecule has 1 aliphatic rings. The van der Waals surface area contributed by atoms with Crippen LogP contribution >= 0.6 is 11.8 Å². The molecule has 8 heteroatoms. The van der Waals surface area contributed by atoms with Crippen molar-refractivity contribution >= 4 is 23.4 Å². The second-order valence-electron chi connectivity index (χ2n) is 8.05. The number of carbonyl (C=O) groups is 1. The largest absolute Gasteiger partial charge is 0.311 e. The zero-order valence-corrected chi connectivity index (χ0v) is 19.6. The number of para-hydroxylation sites is 1. The Labute approximate surface area is 197 Å². The van der Waals surface area contributed by atoms with Crippen LogP contribution in [0.4, 0.5) is 5.69 Å². The number of nitrogens with zero attached hydrogens (tertiary/aromatic N) is 6. The average Bonchev–Trinajstić information content (AvgIpc) is 3.45. The summed E-state index contributed by atoms with van der Waals surface area (Å²) >= 11 is 1.44. The highest BCUT2D eigenvalue weighted by Gasteiger charge is 2.24. The lowest BCUT2D eigenvalue weighted by Crippen LogP contribution is -2.36. The number of carbonyl (C=O) groups excluding carboxylic acids is 1. The molecule has 33 heavy (non-hydrogen) atoms. The minimum Gasteiger partial charge on any atom is -0.311 e. The minimum atomic E-state index is 0.103. The molecule has 2 aromatic carbocycles. The molecule has 0 saturated carbocycles. The van der Waals surface area contributed by atoms with E-state index in [-0.39, 0.29) is 5.91 Å². The molecule has 0 radical (unpaired) electrons. The van der Waals surface area contributed by atoms with Crippen LogP contribution in [-0.4, -0.2) is 42.7 Å². The van der Waals surface area contributed by atoms with Crippen LogP contribution in [0.15, 0.2) is 66.0 Å². The average molecular weight is 459 g/mol. The molecule has 4 aromatic rings. The molecule has 0 atom stereocenters. The SMILES string of the molecule is CCn1c(SCC(=O)N2CCCc3ccccc32)nnc1-c1cn(C)nc1-c1ccccc1. The molecule has 0 spiro atoms. The summed E-state index contributed by atoms with van der Waals surface area (Å²) in [4.78, 5) is 15.0. The predicted octanol–water partition coefficient (Wildman–Crippen LogP) is 4.44. The first-order valence-electron chi connectivity index (χ1n) is 11.2. The molecular formula is C25H26N6OS. The van der Waals surface area contributed by atoms with Crippen molar-refractivity contribution in [3.05, 3.63) is 66.4 Å². The lowest BCUT2D eigenvalue weighted by molar-refractivity contribution is -0.116. The zero-order chi connectivity index (χ0) is 22.8. The number of aryl methyl sites for hydroxylation is 2. The van der Waals surface area contributed by atoms with Gasteiger partial charge in [-0.05, 0) is 31.4 Å². The smallest absolute Gasteiger partial charge is 0.237 e. The van der Waals surface area contributed by atoms with E-state index in [1.165, 1.54) is 17.3 Å². The summed E-state index contributed by atoms with van der Waals surface area (Å²) in [6.45, 7) is 3.53. The lowest BCUT2D eigenvalue weighted by atomic mass is 10.0. The van der Waals surface area contributed by atoms with Crippen LogP contribution in [0.25, 0.3) is 22.6 Å². The van der Waals surface area contributed by atoms with Gasteiger partial charge in [-0.15, -0.1) is 10.2 Å². The van der Waals surface area contributed by atoms with Gasteiger partial charge in [0.15, 0.2) is 11.0 Å². The Morgan fingerprint density at radius 3 is 2.67 bits per heavy atom. The van der Waals surface area contributed by atoms with E-state index in [2.05, 4.69) is 32.9 Å². The fraction of sp³-hybridized carbons (Fsp3) is 0.280. The number of thioether (sulfide) groups is 1. The Bertz CT molecular complexity index is 1280. The van der Waals surface area contributed by atoms with Crippen molar-refractivity contribution in [2.24, 2.45) is 7.05 Å². The highest BCUT2D eigenvalue weighted by atomic mass is 32.2.